The van der Waals surface area contributed by atoms with Crippen molar-refractivity contribution in [3.63, 3.8) is 0 Å². The van der Waals surface area contributed by atoms with Crippen LogP contribution in [-0.2, 0) is 28.8 Å². The van der Waals surface area contributed by atoms with Crippen LogP contribution in [0.1, 0.15) is 51.4 Å². The third-order valence-corrected chi connectivity index (χ3v) is 7.53. The summed E-state index contributed by atoms with van der Waals surface area (Å²) in [5, 5.41) is 11.7. The number of anilines is 2. The van der Waals surface area contributed by atoms with Crippen LogP contribution in [-0.4, -0.2) is 72.7 Å². The van der Waals surface area contributed by atoms with Gasteiger partial charge in [0.25, 0.3) is 11.8 Å². The largest absolute Gasteiger partial charge is 0.355 e. The van der Waals surface area contributed by atoms with Gasteiger partial charge < -0.3 is 10.6 Å². The standard InChI is InChI=1S/C26H32N6O6/c33-21-13-19(29-17-5-1-3-11-27-23(17)35)25(37)31(21)15-7-9-16(10-8-15)32-22(34)14-20(26(32)38)30-18-6-2-4-12-28-24(18)36/h7-10,17-20,29-30H,1-6,11-14H2,(H,27,35)(H,28,36)/t17-,18-,19+,20+/m1/s1. The van der Waals surface area contributed by atoms with Crippen LogP contribution in [0.5, 0.6) is 0 Å². The van der Waals surface area contributed by atoms with E-state index in [1.807, 2.05) is 0 Å². The number of hydrogen-bond acceptors (Lipinski definition) is 8. The molecule has 0 saturated carbocycles. The molecule has 4 atom stereocenters. The van der Waals surface area contributed by atoms with Crippen molar-refractivity contribution in [2.75, 3.05) is 22.9 Å². The first-order valence-electron chi connectivity index (χ1n) is 13.2. The minimum Gasteiger partial charge on any atom is -0.355 e. The predicted molar refractivity (Wildman–Crippen MR) is 136 cm³/mol. The van der Waals surface area contributed by atoms with Gasteiger partial charge in [-0.25, -0.2) is 9.80 Å². The summed E-state index contributed by atoms with van der Waals surface area (Å²) in [5.74, 6) is -2.02. The number of rotatable bonds is 6. The molecule has 4 N–H and O–H groups in total. The highest BCUT2D eigenvalue weighted by molar-refractivity contribution is 6.24. The molecule has 4 saturated heterocycles. The summed E-state index contributed by atoms with van der Waals surface area (Å²) in [6, 6.07) is 3.42. The Labute approximate surface area is 219 Å². The van der Waals surface area contributed by atoms with E-state index in [1.54, 1.807) is 0 Å². The number of carbonyl (C=O) groups is 6. The highest BCUT2D eigenvalue weighted by atomic mass is 16.2. The molecule has 1 aromatic carbocycles. The van der Waals surface area contributed by atoms with Crippen LogP contribution in [0.4, 0.5) is 11.4 Å². The number of imide groups is 2. The number of nitrogens with one attached hydrogen (secondary N) is 4. The Morgan fingerprint density at radius 2 is 0.974 bits per heavy atom. The summed E-state index contributed by atoms with van der Waals surface area (Å²) in [6.07, 6.45) is 4.49. The van der Waals surface area contributed by atoms with E-state index in [2.05, 4.69) is 21.3 Å². The minimum atomic E-state index is -0.800. The zero-order valence-corrected chi connectivity index (χ0v) is 21.0. The van der Waals surface area contributed by atoms with E-state index in [0.717, 1.165) is 35.5 Å². The van der Waals surface area contributed by atoms with Gasteiger partial charge in [0.1, 0.15) is 0 Å². The first kappa shape index (κ1) is 26.0. The molecule has 1 aromatic rings. The second-order valence-corrected chi connectivity index (χ2v) is 10.2. The molecule has 4 heterocycles. The van der Waals surface area contributed by atoms with Crippen molar-refractivity contribution in [3.05, 3.63) is 24.3 Å². The van der Waals surface area contributed by atoms with Gasteiger partial charge in [-0.05, 0) is 62.8 Å². The third-order valence-electron chi connectivity index (χ3n) is 7.53. The summed E-state index contributed by atoms with van der Waals surface area (Å²) in [6.45, 7) is 1.20. The van der Waals surface area contributed by atoms with E-state index in [4.69, 9.17) is 0 Å². The molecule has 0 spiro atoms. The summed E-state index contributed by atoms with van der Waals surface area (Å²) < 4.78 is 0. The zero-order chi connectivity index (χ0) is 26.8. The summed E-state index contributed by atoms with van der Waals surface area (Å²) in [4.78, 5) is 78.2. The topological polar surface area (TPSA) is 157 Å². The molecule has 0 unspecified atom stereocenters. The Kier molecular flexibility index (Phi) is 7.52. The maximum atomic E-state index is 13.1. The van der Waals surface area contributed by atoms with Crippen molar-refractivity contribution in [1.82, 2.24) is 21.3 Å². The quantitative estimate of drug-likeness (QED) is 0.362. The molecule has 0 aliphatic carbocycles. The fourth-order valence-corrected chi connectivity index (χ4v) is 5.50. The Bertz CT molecular complexity index is 1060. The lowest BCUT2D eigenvalue weighted by Crippen LogP contribution is -2.50. The Morgan fingerprint density at radius 1 is 0.579 bits per heavy atom. The van der Waals surface area contributed by atoms with Gasteiger partial charge in [0, 0.05) is 13.1 Å². The predicted octanol–water partition coefficient (Wildman–Crippen LogP) is -0.533. The molecule has 12 heteroatoms. The molecule has 4 fully saturated rings. The van der Waals surface area contributed by atoms with E-state index < -0.39 is 47.8 Å². The summed E-state index contributed by atoms with van der Waals surface area (Å²) in [7, 11) is 0. The maximum Gasteiger partial charge on any atom is 0.251 e. The van der Waals surface area contributed by atoms with Crippen LogP contribution in [0.3, 0.4) is 0 Å². The molecule has 0 bridgehead atoms. The number of amides is 6. The van der Waals surface area contributed by atoms with Gasteiger partial charge in [0.05, 0.1) is 48.4 Å². The molecule has 0 radical (unpaired) electrons. The van der Waals surface area contributed by atoms with Crippen molar-refractivity contribution in [3.8, 4) is 0 Å². The van der Waals surface area contributed by atoms with E-state index >= 15 is 0 Å². The molecule has 0 aromatic heterocycles. The number of benzene rings is 1. The lowest BCUT2D eigenvalue weighted by molar-refractivity contribution is -0.125. The van der Waals surface area contributed by atoms with Gasteiger partial charge in [-0.2, -0.15) is 0 Å². The molecule has 4 aliphatic heterocycles. The molecule has 6 amide bonds. The van der Waals surface area contributed by atoms with E-state index in [-0.39, 0.29) is 24.7 Å². The smallest absolute Gasteiger partial charge is 0.251 e. The van der Waals surface area contributed by atoms with Crippen LogP contribution >= 0.6 is 0 Å². The summed E-state index contributed by atoms with van der Waals surface area (Å²) >= 11 is 0. The molecule has 4 aliphatic rings. The van der Waals surface area contributed by atoms with Gasteiger partial charge in [-0.15, -0.1) is 0 Å². The van der Waals surface area contributed by atoms with Crippen LogP contribution in [0.15, 0.2) is 24.3 Å². The van der Waals surface area contributed by atoms with Crippen LogP contribution in [0, 0.1) is 0 Å². The third kappa shape index (κ3) is 5.18. The SMILES string of the molecule is O=C1NCCCC[C@H]1N[C@H]1CC(=O)N(c2ccc(N3C(=O)C[C@H](N[C@@H]4CCCCNC4=O)C3=O)cc2)C1=O. The fraction of sp³-hybridized carbons (Fsp3) is 0.538. The Hall–Kier alpha value is -3.64. The number of hydrogen-bond donors (Lipinski definition) is 4. The first-order valence-corrected chi connectivity index (χ1v) is 13.2. The molecule has 5 rings (SSSR count). The maximum absolute atomic E-state index is 13.1. The first-order chi connectivity index (χ1) is 18.3. The van der Waals surface area contributed by atoms with Gasteiger partial charge in [-0.1, -0.05) is 0 Å². The minimum absolute atomic E-state index is 0.0600. The van der Waals surface area contributed by atoms with Gasteiger partial charge in [-0.3, -0.25) is 39.4 Å². The lowest BCUT2D eigenvalue weighted by atomic mass is 10.1. The van der Waals surface area contributed by atoms with Crippen molar-refractivity contribution in [1.29, 1.82) is 0 Å². The van der Waals surface area contributed by atoms with E-state index in [1.165, 1.54) is 24.3 Å². The van der Waals surface area contributed by atoms with Crippen molar-refractivity contribution < 1.29 is 28.8 Å². The Balaban J connectivity index is 1.25. The van der Waals surface area contributed by atoms with Crippen LogP contribution < -0.4 is 31.1 Å². The Morgan fingerprint density at radius 3 is 1.37 bits per heavy atom. The molecular weight excluding hydrogens is 492 g/mol. The van der Waals surface area contributed by atoms with Gasteiger partial charge >= 0.3 is 0 Å². The van der Waals surface area contributed by atoms with Gasteiger partial charge in [0.2, 0.25) is 23.6 Å². The highest BCUT2D eigenvalue weighted by Gasteiger charge is 2.43. The average Bonchev–Trinajstić information content (AvgIpc) is 3.12. The van der Waals surface area contributed by atoms with Crippen LogP contribution in [0.25, 0.3) is 0 Å². The number of carbonyl (C=O) groups excluding carboxylic acids is 6. The second kappa shape index (κ2) is 11.0. The normalized spacial score (nSPS) is 28.8. The number of nitrogens with zero attached hydrogens (tertiary/aromatic N) is 2. The molecule has 38 heavy (non-hydrogen) atoms. The van der Waals surface area contributed by atoms with Gasteiger partial charge in [0.15, 0.2) is 0 Å². The van der Waals surface area contributed by atoms with Crippen LogP contribution in [0.2, 0.25) is 0 Å². The lowest BCUT2D eigenvalue weighted by Gasteiger charge is -2.21. The second-order valence-electron chi connectivity index (χ2n) is 10.2. The summed E-state index contributed by atoms with van der Waals surface area (Å²) in [5.41, 5.74) is 0.643. The average molecular weight is 525 g/mol. The fourth-order valence-electron chi connectivity index (χ4n) is 5.50. The van der Waals surface area contributed by atoms with E-state index in [0.29, 0.717) is 37.3 Å². The van der Waals surface area contributed by atoms with E-state index in [9.17, 15) is 28.8 Å². The molecule has 12 nitrogen and oxygen atoms in total. The zero-order valence-electron chi connectivity index (χ0n) is 21.0. The van der Waals surface area contributed by atoms with Crippen molar-refractivity contribution >= 4 is 46.8 Å². The monoisotopic (exact) mass is 524 g/mol. The highest BCUT2D eigenvalue weighted by Crippen LogP contribution is 2.29. The van der Waals surface area contributed by atoms with Crippen molar-refractivity contribution in [2.45, 2.75) is 75.5 Å². The molecular formula is C26H32N6O6. The molecule has 202 valence electrons. The van der Waals surface area contributed by atoms with Crippen molar-refractivity contribution in [2.24, 2.45) is 0 Å².